The fraction of sp³-hybridized carbons (Fsp3) is 0. The Morgan fingerprint density at radius 2 is 1.33 bits per heavy atom. The zero-order valence-electron chi connectivity index (χ0n) is 7.49. The number of halogens is 2. The molecule has 84 valence electrons. The predicted molar refractivity (Wildman–Crippen MR) is 49.2 cm³/mol. The average Bonchev–Trinajstić information content (AvgIpc) is 2.13. The van der Waals surface area contributed by atoms with Crippen LogP contribution in [0.2, 0.25) is 0 Å². The molecule has 5 N–H and O–H groups in total. The molecule has 0 spiro atoms. The van der Waals surface area contributed by atoms with E-state index in [0.717, 1.165) is 0 Å². The van der Waals surface area contributed by atoms with Crippen molar-refractivity contribution in [2.75, 3.05) is 5.73 Å². The van der Waals surface area contributed by atoms with Crippen molar-refractivity contribution in [1.29, 1.82) is 10.8 Å². The van der Waals surface area contributed by atoms with Crippen LogP contribution in [0.4, 0.5) is 14.8 Å². The average molecular weight is 221 g/mol. The molecule has 0 aromatic heterocycles. The standard InChI is InChI=1S/C6H6FN.BH3O3.FH.N2/c7-5-1-3-6(8)4-2-5;2-1(3)4;;1-2/h1-4H,8H2;2-4H;1H;. The molecule has 1 rings (SSSR count). The molecular weight excluding hydrogens is 211 g/mol. The number of hydrogen-bond acceptors (Lipinski definition) is 6. The predicted octanol–water partition coefficient (Wildman–Crippen LogP) is -0.461. The van der Waals surface area contributed by atoms with E-state index < -0.39 is 7.32 Å². The first-order valence-electron chi connectivity index (χ1n) is 3.27. The summed E-state index contributed by atoms with van der Waals surface area (Å²) in [5, 5.41) is 33.5. The van der Waals surface area contributed by atoms with Gasteiger partial charge in [-0.25, -0.2) is 4.39 Å². The molecule has 0 fully saturated rings. The van der Waals surface area contributed by atoms with Gasteiger partial charge in [-0.05, 0) is 24.3 Å². The van der Waals surface area contributed by atoms with Gasteiger partial charge in [0, 0.05) is 16.5 Å². The van der Waals surface area contributed by atoms with E-state index in [1.54, 1.807) is 0 Å². The number of nitrogens with zero attached hydrogens (tertiary/aromatic N) is 2. The molecule has 0 atom stereocenters. The SMILES string of the molecule is F.N#N.Nc1ccc(F)cc1.OB(O)O. The molecule has 0 unspecified atom stereocenters. The van der Waals surface area contributed by atoms with Gasteiger partial charge < -0.3 is 20.8 Å². The van der Waals surface area contributed by atoms with E-state index in [2.05, 4.69) is 0 Å². The zero-order valence-corrected chi connectivity index (χ0v) is 7.49. The molecule has 15 heavy (non-hydrogen) atoms. The number of nitrogens with two attached hydrogens (primary N) is 1. The lowest BCUT2D eigenvalue weighted by molar-refractivity contribution is 0.278. The van der Waals surface area contributed by atoms with Gasteiger partial charge in [-0.2, -0.15) is 0 Å². The van der Waals surface area contributed by atoms with Crippen LogP contribution >= 0.6 is 0 Å². The molecule has 9 heteroatoms. The summed E-state index contributed by atoms with van der Waals surface area (Å²) in [6.07, 6.45) is 0. The number of hydrogen-bond donors (Lipinski definition) is 4. The fourth-order valence-electron chi connectivity index (χ4n) is 0.463. The number of benzene rings is 1. The van der Waals surface area contributed by atoms with E-state index in [-0.39, 0.29) is 10.5 Å². The molecule has 1 aromatic rings. The van der Waals surface area contributed by atoms with E-state index in [1.165, 1.54) is 24.3 Å². The summed E-state index contributed by atoms with van der Waals surface area (Å²) in [4.78, 5) is 0. The highest BCUT2D eigenvalue weighted by atomic mass is 19.1. The van der Waals surface area contributed by atoms with Gasteiger partial charge in [0.25, 0.3) is 0 Å². The first-order chi connectivity index (χ1) is 6.52. The lowest BCUT2D eigenvalue weighted by Gasteiger charge is -1.87. The van der Waals surface area contributed by atoms with Gasteiger partial charge in [0.1, 0.15) is 5.82 Å². The summed E-state index contributed by atoms with van der Waals surface area (Å²) in [5.41, 5.74) is 5.85. The minimum Gasteiger partial charge on any atom is -0.402 e. The summed E-state index contributed by atoms with van der Waals surface area (Å²) < 4.78 is 12.0. The summed E-state index contributed by atoms with van der Waals surface area (Å²) in [6.45, 7) is 0. The third kappa shape index (κ3) is 18.9. The summed E-state index contributed by atoms with van der Waals surface area (Å²) in [6, 6.07) is 5.70. The highest BCUT2D eigenvalue weighted by Gasteiger charge is 1.92. The monoisotopic (exact) mass is 221 g/mol. The molecule has 0 amide bonds. The molecular formula is C6H10BF2N3O3. The van der Waals surface area contributed by atoms with E-state index in [9.17, 15) is 4.39 Å². The molecule has 0 bridgehead atoms. The van der Waals surface area contributed by atoms with Crippen LogP contribution in [0.15, 0.2) is 24.3 Å². The Hall–Kier alpha value is -1.76. The second-order valence-corrected chi connectivity index (χ2v) is 1.90. The Bertz CT molecular complexity index is 234. The quantitative estimate of drug-likeness (QED) is 0.266. The summed E-state index contributed by atoms with van der Waals surface area (Å²) in [7, 11) is -2.17. The van der Waals surface area contributed by atoms with Gasteiger partial charge in [0.05, 0.1) is 0 Å². The maximum atomic E-state index is 12.0. The molecule has 0 aliphatic carbocycles. The Balaban J connectivity index is -0.000000179. The van der Waals surface area contributed by atoms with Crippen molar-refractivity contribution >= 4 is 13.0 Å². The van der Waals surface area contributed by atoms with Crippen molar-refractivity contribution in [1.82, 2.24) is 0 Å². The largest absolute Gasteiger partial charge is 0.631 e. The normalized spacial score (nSPS) is 6.80. The van der Waals surface area contributed by atoms with E-state index in [0.29, 0.717) is 5.69 Å². The molecule has 0 aliphatic heterocycles. The van der Waals surface area contributed by atoms with Gasteiger partial charge in [-0.15, -0.1) is 0 Å². The molecule has 6 nitrogen and oxygen atoms in total. The van der Waals surface area contributed by atoms with Crippen molar-refractivity contribution in [3.8, 4) is 0 Å². The lowest BCUT2D eigenvalue weighted by atomic mass is 10.3. The molecule has 0 radical (unpaired) electrons. The molecule has 0 saturated carbocycles. The Labute approximate surface area is 84.7 Å². The maximum Gasteiger partial charge on any atom is 0.631 e. The Kier molecular flexibility index (Phi) is 15.4. The van der Waals surface area contributed by atoms with Crippen molar-refractivity contribution in [3.63, 3.8) is 0 Å². The van der Waals surface area contributed by atoms with Crippen LogP contribution < -0.4 is 5.73 Å². The second kappa shape index (κ2) is 12.2. The topological polar surface area (TPSA) is 134 Å². The lowest BCUT2D eigenvalue weighted by Crippen LogP contribution is -2.07. The number of rotatable bonds is 0. The summed E-state index contributed by atoms with van der Waals surface area (Å²) >= 11 is 0. The molecule has 0 aliphatic rings. The zero-order chi connectivity index (χ0) is 11.6. The van der Waals surface area contributed by atoms with Crippen LogP contribution in [0.3, 0.4) is 0 Å². The first-order valence-corrected chi connectivity index (χ1v) is 3.27. The van der Waals surface area contributed by atoms with E-state index >= 15 is 0 Å². The van der Waals surface area contributed by atoms with Crippen molar-refractivity contribution in [3.05, 3.63) is 30.1 Å². The van der Waals surface area contributed by atoms with Crippen molar-refractivity contribution in [2.24, 2.45) is 0 Å². The van der Waals surface area contributed by atoms with Crippen LogP contribution in [0.25, 0.3) is 0 Å². The Morgan fingerprint density at radius 1 is 1.07 bits per heavy atom. The minimum absolute atomic E-state index is 0. The van der Waals surface area contributed by atoms with Crippen LogP contribution in [-0.4, -0.2) is 22.4 Å². The van der Waals surface area contributed by atoms with Crippen LogP contribution in [0, 0.1) is 16.6 Å². The van der Waals surface area contributed by atoms with E-state index in [1.807, 2.05) is 0 Å². The van der Waals surface area contributed by atoms with Crippen molar-refractivity contribution in [2.45, 2.75) is 0 Å². The molecule has 1 aromatic carbocycles. The second-order valence-electron chi connectivity index (χ2n) is 1.90. The van der Waals surface area contributed by atoms with Crippen molar-refractivity contribution < 1.29 is 24.2 Å². The maximum absolute atomic E-state index is 12.0. The smallest absolute Gasteiger partial charge is 0.402 e. The van der Waals surface area contributed by atoms with E-state index in [4.69, 9.17) is 31.6 Å². The first kappa shape index (κ1) is 18.9. The fourth-order valence-corrected chi connectivity index (χ4v) is 0.463. The third-order valence-electron chi connectivity index (χ3n) is 0.870. The van der Waals surface area contributed by atoms with Gasteiger partial charge in [-0.1, -0.05) is 0 Å². The molecule has 0 heterocycles. The van der Waals surface area contributed by atoms with Crippen LogP contribution in [0.5, 0.6) is 0 Å². The van der Waals surface area contributed by atoms with Crippen LogP contribution in [-0.2, 0) is 0 Å². The van der Waals surface area contributed by atoms with Gasteiger partial charge in [0.2, 0.25) is 0 Å². The molecule has 0 saturated heterocycles. The number of anilines is 1. The number of nitrogen functional groups attached to an aromatic ring is 1. The highest BCUT2D eigenvalue weighted by molar-refractivity contribution is 6.30. The van der Waals surface area contributed by atoms with Gasteiger partial charge in [-0.3, -0.25) is 4.70 Å². The van der Waals surface area contributed by atoms with Crippen LogP contribution in [0.1, 0.15) is 0 Å². The van der Waals surface area contributed by atoms with Gasteiger partial charge in [0.15, 0.2) is 0 Å². The van der Waals surface area contributed by atoms with Gasteiger partial charge >= 0.3 is 7.32 Å². The third-order valence-corrected chi connectivity index (χ3v) is 0.870. The highest BCUT2D eigenvalue weighted by Crippen LogP contribution is 2.01. The Morgan fingerprint density at radius 3 is 1.53 bits per heavy atom. The minimum atomic E-state index is -2.17. The summed E-state index contributed by atoms with van der Waals surface area (Å²) in [5.74, 6) is -0.251.